The van der Waals surface area contributed by atoms with Gasteiger partial charge in [-0.3, -0.25) is 9.78 Å². The van der Waals surface area contributed by atoms with Gasteiger partial charge in [-0.25, -0.2) is 0 Å². The summed E-state index contributed by atoms with van der Waals surface area (Å²) in [6, 6.07) is 4.04. The first-order valence-corrected chi connectivity index (χ1v) is 4.67. The molecule has 0 bridgehead atoms. The van der Waals surface area contributed by atoms with Crippen LogP contribution in [0.4, 0.5) is 0 Å². The van der Waals surface area contributed by atoms with E-state index in [9.17, 15) is 4.79 Å². The lowest BCUT2D eigenvalue weighted by molar-refractivity contribution is 0.545. The van der Waals surface area contributed by atoms with Crippen molar-refractivity contribution in [3.63, 3.8) is 0 Å². The highest BCUT2D eigenvalue weighted by Crippen LogP contribution is 2.05. The van der Waals surface area contributed by atoms with Gasteiger partial charge < -0.3 is 0 Å². The lowest BCUT2D eigenvalue weighted by Gasteiger charge is -1.98. The quantitative estimate of drug-likeness (QED) is 0.622. The maximum absolute atomic E-state index is 9.90. The molecule has 0 unspecified atom stereocenters. The highest BCUT2D eigenvalue weighted by molar-refractivity contribution is 5.50. The molecular formula is C11H14NO. The predicted octanol–water partition coefficient (Wildman–Crippen LogP) is 2.29. The molecule has 0 fully saturated rings. The Bertz CT molecular complexity index is 233. The minimum absolute atomic E-state index is 0.576. The van der Waals surface area contributed by atoms with Crippen molar-refractivity contribution < 1.29 is 4.79 Å². The van der Waals surface area contributed by atoms with Crippen LogP contribution >= 0.6 is 0 Å². The number of unbranched alkanes of at least 4 members (excludes halogenated alkanes) is 3. The summed E-state index contributed by atoms with van der Waals surface area (Å²) < 4.78 is 0. The summed E-state index contributed by atoms with van der Waals surface area (Å²) in [6.45, 7) is 0. The molecule has 1 aromatic heterocycles. The van der Waals surface area contributed by atoms with Gasteiger partial charge in [-0.1, -0.05) is 12.5 Å². The largest absolute Gasteiger partial charge is 0.291 e. The molecule has 0 N–H and O–H groups in total. The zero-order valence-corrected chi connectivity index (χ0v) is 7.70. The average Bonchev–Trinajstić information content (AvgIpc) is 2.19. The highest BCUT2D eigenvalue weighted by atomic mass is 16.1. The monoisotopic (exact) mass is 176 g/mol. The molecule has 2 heteroatoms. The van der Waals surface area contributed by atoms with Gasteiger partial charge in [-0.2, -0.15) is 0 Å². The summed E-state index contributed by atoms with van der Waals surface area (Å²) >= 11 is 0. The van der Waals surface area contributed by atoms with Crippen LogP contribution in [0.3, 0.4) is 0 Å². The first-order chi connectivity index (χ1) is 6.43. The van der Waals surface area contributed by atoms with E-state index in [0.29, 0.717) is 6.42 Å². The molecule has 1 radical (unpaired) electrons. The van der Waals surface area contributed by atoms with Gasteiger partial charge in [-0.15, -0.1) is 0 Å². The Balaban J connectivity index is 2.10. The minimum Gasteiger partial charge on any atom is -0.291 e. The van der Waals surface area contributed by atoms with Crippen LogP contribution in [-0.4, -0.2) is 11.3 Å². The van der Waals surface area contributed by atoms with Gasteiger partial charge in [0.05, 0.1) is 0 Å². The van der Waals surface area contributed by atoms with Crippen molar-refractivity contribution >= 4 is 6.29 Å². The fraction of sp³-hybridized carbons (Fsp3) is 0.455. The average molecular weight is 176 g/mol. The molecule has 0 saturated heterocycles. The zero-order chi connectivity index (χ0) is 9.36. The maximum Gasteiger partial charge on any atom is 0.198 e. The van der Waals surface area contributed by atoms with Crippen LogP contribution in [0.2, 0.25) is 0 Å². The van der Waals surface area contributed by atoms with E-state index in [1.165, 1.54) is 5.56 Å². The topological polar surface area (TPSA) is 30.0 Å². The van der Waals surface area contributed by atoms with E-state index in [0.717, 1.165) is 25.7 Å². The third-order valence-electron chi connectivity index (χ3n) is 1.97. The molecule has 0 aliphatic rings. The SMILES string of the molecule is O=[C]CCCCCc1cccnc1. The molecule has 0 aliphatic heterocycles. The molecule has 0 aromatic carbocycles. The summed E-state index contributed by atoms with van der Waals surface area (Å²) in [7, 11) is 0. The molecule has 1 rings (SSSR count). The van der Waals surface area contributed by atoms with E-state index in [4.69, 9.17) is 0 Å². The Morgan fingerprint density at radius 3 is 2.92 bits per heavy atom. The first-order valence-electron chi connectivity index (χ1n) is 4.67. The van der Waals surface area contributed by atoms with Crippen molar-refractivity contribution in [3.8, 4) is 0 Å². The molecule has 0 aliphatic carbocycles. The molecule has 0 spiro atoms. The molecule has 1 aromatic rings. The van der Waals surface area contributed by atoms with Crippen LogP contribution in [0.25, 0.3) is 0 Å². The summed E-state index contributed by atoms with van der Waals surface area (Å²) in [4.78, 5) is 13.9. The molecule has 0 amide bonds. The fourth-order valence-corrected chi connectivity index (χ4v) is 1.25. The predicted molar refractivity (Wildman–Crippen MR) is 52.1 cm³/mol. The number of aryl methyl sites for hydroxylation is 1. The second-order valence-corrected chi connectivity index (χ2v) is 3.07. The lowest BCUT2D eigenvalue weighted by Crippen LogP contribution is -1.86. The molecule has 13 heavy (non-hydrogen) atoms. The van der Waals surface area contributed by atoms with Crippen molar-refractivity contribution in [2.24, 2.45) is 0 Å². The normalized spacial score (nSPS) is 9.85. The number of aromatic nitrogens is 1. The fourth-order valence-electron chi connectivity index (χ4n) is 1.25. The van der Waals surface area contributed by atoms with Gasteiger partial charge in [0.1, 0.15) is 0 Å². The molecule has 0 atom stereocenters. The van der Waals surface area contributed by atoms with Crippen LogP contribution < -0.4 is 0 Å². The second-order valence-electron chi connectivity index (χ2n) is 3.07. The van der Waals surface area contributed by atoms with Crippen molar-refractivity contribution in [2.45, 2.75) is 32.1 Å². The number of nitrogens with zero attached hydrogens (tertiary/aromatic N) is 1. The maximum atomic E-state index is 9.90. The molecule has 69 valence electrons. The van der Waals surface area contributed by atoms with Crippen LogP contribution in [0.5, 0.6) is 0 Å². The van der Waals surface area contributed by atoms with Gasteiger partial charge in [-0.05, 0) is 30.9 Å². The van der Waals surface area contributed by atoms with E-state index in [1.807, 2.05) is 18.5 Å². The van der Waals surface area contributed by atoms with E-state index in [1.54, 1.807) is 6.20 Å². The van der Waals surface area contributed by atoms with Crippen molar-refractivity contribution in [1.82, 2.24) is 4.98 Å². The van der Waals surface area contributed by atoms with Crippen LogP contribution in [0.1, 0.15) is 31.2 Å². The van der Waals surface area contributed by atoms with Gasteiger partial charge in [0.25, 0.3) is 0 Å². The Morgan fingerprint density at radius 1 is 1.31 bits per heavy atom. The van der Waals surface area contributed by atoms with Crippen molar-refractivity contribution in [1.29, 1.82) is 0 Å². The highest BCUT2D eigenvalue weighted by Gasteiger charge is 1.92. The van der Waals surface area contributed by atoms with Gasteiger partial charge in [0.15, 0.2) is 6.29 Å². The summed E-state index contributed by atoms with van der Waals surface area (Å²) in [5.41, 5.74) is 1.28. The standard InChI is InChI=1S/C11H14NO/c13-9-4-2-1-3-6-11-7-5-8-12-10-11/h5,7-8,10H,1-4,6H2. The van der Waals surface area contributed by atoms with Crippen LogP contribution in [-0.2, 0) is 11.2 Å². The van der Waals surface area contributed by atoms with Crippen LogP contribution in [0, 0.1) is 0 Å². The van der Waals surface area contributed by atoms with E-state index in [-0.39, 0.29) is 0 Å². The Hall–Kier alpha value is -1.18. The van der Waals surface area contributed by atoms with E-state index >= 15 is 0 Å². The van der Waals surface area contributed by atoms with Crippen molar-refractivity contribution in [2.75, 3.05) is 0 Å². The summed E-state index contributed by atoms with van der Waals surface area (Å²) in [6.07, 6.45) is 10.4. The smallest absolute Gasteiger partial charge is 0.198 e. The molecule has 0 saturated carbocycles. The summed E-state index contributed by atoms with van der Waals surface area (Å²) in [5, 5.41) is 0. The number of pyridine rings is 1. The third-order valence-corrected chi connectivity index (χ3v) is 1.97. The number of hydrogen-bond donors (Lipinski definition) is 0. The lowest BCUT2D eigenvalue weighted by atomic mass is 10.1. The van der Waals surface area contributed by atoms with Gasteiger partial charge >= 0.3 is 0 Å². The number of hydrogen-bond acceptors (Lipinski definition) is 2. The second kappa shape index (κ2) is 6.35. The summed E-state index contributed by atoms with van der Waals surface area (Å²) in [5.74, 6) is 0. The van der Waals surface area contributed by atoms with Gasteiger partial charge in [0, 0.05) is 18.8 Å². The molecule has 1 heterocycles. The Kier molecular flexibility index (Phi) is 4.84. The third kappa shape index (κ3) is 4.41. The zero-order valence-electron chi connectivity index (χ0n) is 7.70. The Morgan fingerprint density at radius 2 is 2.23 bits per heavy atom. The van der Waals surface area contributed by atoms with Crippen LogP contribution in [0.15, 0.2) is 24.5 Å². The first kappa shape index (κ1) is 9.90. The molecular weight excluding hydrogens is 162 g/mol. The van der Waals surface area contributed by atoms with Gasteiger partial charge in [0.2, 0.25) is 0 Å². The minimum atomic E-state index is 0.576. The molecule has 2 nitrogen and oxygen atoms in total. The van der Waals surface area contributed by atoms with Crippen molar-refractivity contribution in [3.05, 3.63) is 30.1 Å². The van der Waals surface area contributed by atoms with E-state index in [2.05, 4.69) is 11.1 Å². The number of carbonyl (C=O) groups excluding carboxylic acids is 1. The number of rotatable bonds is 6. The van der Waals surface area contributed by atoms with E-state index < -0.39 is 0 Å². The Labute approximate surface area is 79.0 Å².